The van der Waals surface area contributed by atoms with Crippen molar-refractivity contribution in [1.82, 2.24) is 34.5 Å². The highest BCUT2D eigenvalue weighted by atomic mass is 15.3. The summed E-state index contributed by atoms with van der Waals surface area (Å²) in [7, 11) is 0. The molecule has 3 aromatic heterocycles. The Morgan fingerprint density at radius 2 is 2.04 bits per heavy atom. The molecule has 0 radical (unpaired) electrons. The fraction of sp³-hybridized carbons (Fsp3) is 0.176. The van der Waals surface area contributed by atoms with Gasteiger partial charge in [-0.15, -0.1) is 10.2 Å². The van der Waals surface area contributed by atoms with Crippen LogP contribution in [-0.4, -0.2) is 34.5 Å². The van der Waals surface area contributed by atoms with Crippen molar-refractivity contribution in [3.63, 3.8) is 0 Å². The fourth-order valence-corrected chi connectivity index (χ4v) is 2.70. The van der Waals surface area contributed by atoms with E-state index < -0.39 is 0 Å². The molecule has 0 amide bonds. The number of nitriles is 1. The van der Waals surface area contributed by atoms with E-state index in [0.717, 1.165) is 16.9 Å². The monoisotopic (exact) mass is 345 g/mol. The largest absolute Gasteiger partial charge is 0.362 e. The van der Waals surface area contributed by atoms with E-state index in [1.54, 1.807) is 17.2 Å². The highest BCUT2D eigenvalue weighted by molar-refractivity contribution is 5.85. The highest BCUT2D eigenvalue weighted by Crippen LogP contribution is 2.19. The van der Waals surface area contributed by atoms with Crippen LogP contribution in [0.15, 0.2) is 49.2 Å². The lowest BCUT2D eigenvalue weighted by Crippen LogP contribution is -2.08. The summed E-state index contributed by atoms with van der Waals surface area (Å²) in [5, 5.41) is 25.3. The predicted octanol–water partition coefficient (Wildman–Crippen LogP) is 1.93. The Morgan fingerprint density at radius 1 is 1.15 bits per heavy atom. The van der Waals surface area contributed by atoms with Gasteiger partial charge in [0, 0.05) is 5.69 Å². The second kappa shape index (κ2) is 6.98. The molecule has 9 heteroatoms. The molecule has 9 nitrogen and oxygen atoms in total. The number of benzene rings is 1. The quantitative estimate of drug-likeness (QED) is 0.568. The molecule has 0 aliphatic rings. The maximum absolute atomic E-state index is 8.75. The summed E-state index contributed by atoms with van der Waals surface area (Å²) < 4.78 is 3.62. The molecular weight excluding hydrogens is 330 g/mol. The lowest BCUT2D eigenvalue weighted by atomic mass is 10.3. The Hall–Kier alpha value is -3.80. The second-order valence-corrected chi connectivity index (χ2v) is 5.54. The van der Waals surface area contributed by atoms with Crippen molar-refractivity contribution in [1.29, 1.82) is 5.26 Å². The van der Waals surface area contributed by atoms with E-state index in [1.807, 2.05) is 34.9 Å². The zero-order chi connectivity index (χ0) is 17.8. The molecule has 26 heavy (non-hydrogen) atoms. The molecule has 0 saturated heterocycles. The summed E-state index contributed by atoms with van der Waals surface area (Å²) in [6.07, 6.45) is 5.25. The summed E-state index contributed by atoms with van der Waals surface area (Å²) in [5.74, 6) is 1.43. The first kappa shape index (κ1) is 15.7. The zero-order valence-corrected chi connectivity index (χ0v) is 13.8. The van der Waals surface area contributed by atoms with Crippen LogP contribution in [0, 0.1) is 11.3 Å². The maximum Gasteiger partial charge on any atom is 0.163 e. The van der Waals surface area contributed by atoms with Gasteiger partial charge in [-0.3, -0.25) is 4.57 Å². The van der Waals surface area contributed by atoms with Crippen LogP contribution < -0.4 is 5.32 Å². The molecule has 0 aliphatic heterocycles. The van der Waals surface area contributed by atoms with Crippen molar-refractivity contribution >= 4 is 16.9 Å². The predicted molar refractivity (Wildman–Crippen MR) is 94.2 cm³/mol. The molecule has 1 N–H and O–H groups in total. The Balaban J connectivity index is 1.57. The van der Waals surface area contributed by atoms with Gasteiger partial charge in [0.15, 0.2) is 11.5 Å². The van der Waals surface area contributed by atoms with E-state index in [9.17, 15) is 0 Å². The first-order valence-electron chi connectivity index (χ1n) is 8.08. The molecule has 0 aliphatic carbocycles. The number of nitrogens with one attached hydrogen (secondary N) is 1. The fourth-order valence-electron chi connectivity index (χ4n) is 2.70. The molecule has 0 spiro atoms. The van der Waals surface area contributed by atoms with Crippen LogP contribution in [0.1, 0.15) is 12.2 Å². The smallest absolute Gasteiger partial charge is 0.163 e. The molecule has 1 aromatic carbocycles. The first-order chi connectivity index (χ1) is 12.9. The van der Waals surface area contributed by atoms with E-state index in [2.05, 4.69) is 36.7 Å². The number of hydrogen-bond acceptors (Lipinski definition) is 7. The van der Waals surface area contributed by atoms with E-state index in [4.69, 9.17) is 5.26 Å². The standard InChI is InChI=1S/C17H15N9/c18-7-4-8-26-17-14(9-23-26)16(20-11-21-17)19-10-15-24-22-12-25(15)13-5-2-1-3-6-13/h1-3,5-6,9,11-12H,4,8,10H2,(H,19,20,21). The Bertz CT molecular complexity index is 1060. The number of hydrogen-bond donors (Lipinski definition) is 1. The van der Waals surface area contributed by atoms with Crippen LogP contribution in [0.2, 0.25) is 0 Å². The van der Waals surface area contributed by atoms with Crippen LogP contribution >= 0.6 is 0 Å². The minimum absolute atomic E-state index is 0.379. The van der Waals surface area contributed by atoms with Crippen molar-refractivity contribution in [2.75, 3.05) is 5.32 Å². The lowest BCUT2D eigenvalue weighted by molar-refractivity contribution is 0.643. The average molecular weight is 345 g/mol. The molecule has 0 atom stereocenters. The van der Waals surface area contributed by atoms with Crippen LogP contribution in [0.25, 0.3) is 16.7 Å². The molecular formula is C17H15N9. The van der Waals surface area contributed by atoms with Crippen LogP contribution in [0.3, 0.4) is 0 Å². The van der Waals surface area contributed by atoms with Crippen LogP contribution in [-0.2, 0) is 13.1 Å². The number of rotatable bonds is 6. The van der Waals surface area contributed by atoms with Gasteiger partial charge in [-0.25, -0.2) is 14.6 Å². The third-order valence-corrected chi connectivity index (χ3v) is 3.94. The topological polar surface area (TPSA) is 110 Å². The lowest BCUT2D eigenvalue weighted by Gasteiger charge is -2.08. The van der Waals surface area contributed by atoms with E-state index >= 15 is 0 Å². The molecule has 4 aromatic rings. The SMILES string of the molecule is N#CCCn1ncc2c(NCc3nncn3-c3ccccc3)ncnc21. The molecule has 4 rings (SSSR count). The maximum atomic E-state index is 8.75. The van der Waals surface area contributed by atoms with Gasteiger partial charge in [0.05, 0.1) is 37.2 Å². The van der Waals surface area contributed by atoms with Gasteiger partial charge in [0.1, 0.15) is 18.5 Å². The van der Waals surface area contributed by atoms with Crippen LogP contribution in [0.5, 0.6) is 0 Å². The van der Waals surface area contributed by atoms with Crippen molar-refractivity contribution in [3.05, 3.63) is 55.0 Å². The van der Waals surface area contributed by atoms with Crippen molar-refractivity contribution in [2.24, 2.45) is 0 Å². The minimum atomic E-state index is 0.379. The van der Waals surface area contributed by atoms with Gasteiger partial charge in [-0.05, 0) is 12.1 Å². The number of para-hydroxylation sites is 1. The summed E-state index contributed by atoms with van der Waals surface area (Å²) >= 11 is 0. The van der Waals surface area contributed by atoms with E-state index in [0.29, 0.717) is 31.0 Å². The number of aromatic nitrogens is 7. The average Bonchev–Trinajstić information content (AvgIpc) is 3.32. The number of nitrogens with zero attached hydrogens (tertiary/aromatic N) is 8. The van der Waals surface area contributed by atoms with Crippen LogP contribution in [0.4, 0.5) is 5.82 Å². The third-order valence-electron chi connectivity index (χ3n) is 3.94. The number of fused-ring (bicyclic) bond motifs is 1. The summed E-state index contributed by atoms with van der Waals surface area (Å²) in [6.45, 7) is 0.948. The Kier molecular flexibility index (Phi) is 4.22. The normalized spacial score (nSPS) is 10.7. The Morgan fingerprint density at radius 3 is 2.88 bits per heavy atom. The molecule has 0 unspecified atom stereocenters. The van der Waals surface area contributed by atoms with Gasteiger partial charge in [-0.1, -0.05) is 18.2 Å². The van der Waals surface area contributed by atoms with E-state index in [-0.39, 0.29) is 0 Å². The first-order valence-corrected chi connectivity index (χ1v) is 8.08. The third kappa shape index (κ3) is 2.95. The van der Waals surface area contributed by atoms with Gasteiger partial charge in [-0.2, -0.15) is 10.4 Å². The zero-order valence-electron chi connectivity index (χ0n) is 13.8. The Labute approximate surface area is 149 Å². The second-order valence-electron chi connectivity index (χ2n) is 5.54. The molecule has 128 valence electrons. The summed E-state index contributed by atoms with van der Waals surface area (Å²) in [6, 6.07) is 12.0. The van der Waals surface area contributed by atoms with Crippen molar-refractivity contribution in [3.8, 4) is 11.8 Å². The summed E-state index contributed by atoms with van der Waals surface area (Å²) in [4.78, 5) is 8.58. The van der Waals surface area contributed by atoms with Gasteiger partial charge >= 0.3 is 0 Å². The number of anilines is 1. The van der Waals surface area contributed by atoms with Gasteiger partial charge in [0.25, 0.3) is 0 Å². The van der Waals surface area contributed by atoms with Gasteiger partial charge < -0.3 is 5.32 Å². The summed E-state index contributed by atoms with van der Waals surface area (Å²) in [5.41, 5.74) is 1.69. The van der Waals surface area contributed by atoms with Gasteiger partial charge in [0.2, 0.25) is 0 Å². The molecule has 0 bridgehead atoms. The molecule has 3 heterocycles. The molecule has 0 fully saturated rings. The highest BCUT2D eigenvalue weighted by Gasteiger charge is 2.11. The number of aryl methyl sites for hydroxylation is 1. The van der Waals surface area contributed by atoms with E-state index in [1.165, 1.54) is 6.33 Å². The minimum Gasteiger partial charge on any atom is -0.362 e. The van der Waals surface area contributed by atoms with Crippen molar-refractivity contribution < 1.29 is 0 Å². The van der Waals surface area contributed by atoms with Crippen molar-refractivity contribution in [2.45, 2.75) is 19.5 Å². The molecule has 0 saturated carbocycles.